The van der Waals surface area contributed by atoms with Crippen molar-refractivity contribution in [3.63, 3.8) is 0 Å². The highest BCUT2D eigenvalue weighted by atomic mass is 16.5. The minimum atomic E-state index is 0.584. The van der Waals surface area contributed by atoms with E-state index in [1.165, 1.54) is 25.7 Å². The quantitative estimate of drug-likeness (QED) is 0.185. The molecular weight excluding hydrogens is 410 g/mol. The largest absolute Gasteiger partial charge is 0.490 e. The lowest BCUT2D eigenvalue weighted by atomic mass is 10.2. The zero-order valence-electron chi connectivity index (χ0n) is 19.8. The smallest absolute Gasteiger partial charge is 0.226 e. The van der Waals surface area contributed by atoms with Gasteiger partial charge >= 0.3 is 0 Å². The molecule has 4 nitrogen and oxygen atoms in total. The van der Waals surface area contributed by atoms with E-state index in [0.717, 1.165) is 41.2 Å². The highest BCUT2D eigenvalue weighted by Crippen LogP contribution is 2.28. The predicted octanol–water partition coefficient (Wildman–Crippen LogP) is 8.26. The zero-order valence-corrected chi connectivity index (χ0v) is 19.8. The van der Waals surface area contributed by atoms with E-state index in [-0.39, 0.29) is 0 Å². The van der Waals surface area contributed by atoms with Crippen LogP contribution < -0.4 is 9.47 Å². The third-order valence-electron chi connectivity index (χ3n) is 5.22. The summed E-state index contributed by atoms with van der Waals surface area (Å²) >= 11 is 0. The van der Waals surface area contributed by atoms with Crippen molar-refractivity contribution in [3.8, 4) is 34.3 Å². The van der Waals surface area contributed by atoms with E-state index in [1.807, 2.05) is 48.5 Å². The van der Waals surface area contributed by atoms with Gasteiger partial charge in [-0.05, 0) is 61.4 Å². The molecule has 1 aromatic heterocycles. The molecule has 3 aromatic rings. The summed E-state index contributed by atoms with van der Waals surface area (Å²) in [6.45, 7) is 5.57. The van der Waals surface area contributed by atoms with Crippen LogP contribution in [0.2, 0.25) is 0 Å². The van der Waals surface area contributed by atoms with Gasteiger partial charge in [-0.15, -0.1) is 0 Å². The van der Waals surface area contributed by atoms with Gasteiger partial charge in [0.2, 0.25) is 5.89 Å². The Bertz CT molecular complexity index is 904. The predicted molar refractivity (Wildman–Crippen MR) is 136 cm³/mol. The first kappa shape index (κ1) is 24.4. The summed E-state index contributed by atoms with van der Waals surface area (Å²) in [6, 6.07) is 15.7. The molecule has 1 heterocycles. The molecule has 0 aliphatic rings. The Morgan fingerprint density at radius 2 is 1.21 bits per heavy atom. The van der Waals surface area contributed by atoms with Crippen LogP contribution >= 0.6 is 0 Å². The van der Waals surface area contributed by atoms with Crippen molar-refractivity contribution >= 4 is 0 Å². The Morgan fingerprint density at radius 3 is 1.73 bits per heavy atom. The molecule has 0 atom stereocenters. The van der Waals surface area contributed by atoms with Crippen LogP contribution in [0.15, 0.2) is 83.4 Å². The monoisotopic (exact) mass is 445 g/mol. The minimum absolute atomic E-state index is 0.584. The molecule has 0 aliphatic carbocycles. The number of benzene rings is 2. The summed E-state index contributed by atoms with van der Waals surface area (Å²) in [4.78, 5) is 4.44. The van der Waals surface area contributed by atoms with E-state index in [2.05, 4.69) is 43.1 Å². The van der Waals surface area contributed by atoms with Crippen molar-refractivity contribution in [2.45, 2.75) is 52.4 Å². The lowest BCUT2D eigenvalue weighted by Gasteiger charge is -2.04. The molecule has 3 rings (SSSR count). The summed E-state index contributed by atoms with van der Waals surface area (Å²) in [7, 11) is 0. The van der Waals surface area contributed by atoms with Crippen LogP contribution in [-0.4, -0.2) is 18.2 Å². The zero-order chi connectivity index (χ0) is 23.1. The summed E-state index contributed by atoms with van der Waals surface area (Å²) in [5.41, 5.74) is 1.89. The Hall–Kier alpha value is -3.27. The first-order valence-corrected chi connectivity index (χ1v) is 12.0. The van der Waals surface area contributed by atoms with Gasteiger partial charge in [-0.3, -0.25) is 0 Å². The molecule has 0 N–H and O–H groups in total. The standard InChI is InChI=1S/C29H35NO3/c1-3-5-7-9-11-21-31-26-17-13-24(14-18-26)28-23-30-29(33-28)25-15-19-27(20-16-25)32-22-12-10-8-6-4-2/h9-20,23H,3-8,21-22H2,1-2H3. The molecular formula is C29H35NO3. The number of oxazole rings is 1. The van der Waals surface area contributed by atoms with E-state index in [4.69, 9.17) is 13.9 Å². The molecule has 4 heteroatoms. The van der Waals surface area contributed by atoms with Crippen LogP contribution in [0.25, 0.3) is 22.8 Å². The van der Waals surface area contributed by atoms with Crippen molar-refractivity contribution < 1.29 is 13.9 Å². The number of aromatic nitrogens is 1. The van der Waals surface area contributed by atoms with Crippen molar-refractivity contribution in [2.24, 2.45) is 0 Å². The molecule has 2 aromatic carbocycles. The average molecular weight is 446 g/mol. The third-order valence-corrected chi connectivity index (χ3v) is 5.22. The molecule has 0 aliphatic heterocycles. The first-order chi connectivity index (χ1) is 16.3. The molecule has 0 saturated carbocycles. The van der Waals surface area contributed by atoms with Gasteiger partial charge < -0.3 is 13.9 Å². The summed E-state index contributed by atoms with van der Waals surface area (Å²) < 4.78 is 17.5. The SMILES string of the molecule is CCCCC=CCOc1ccc(-c2cnc(-c3ccc(OCC=CCCCC)cc3)o2)cc1. The van der Waals surface area contributed by atoms with Crippen molar-refractivity contribution in [1.82, 2.24) is 4.98 Å². The van der Waals surface area contributed by atoms with E-state index in [9.17, 15) is 0 Å². The second kappa shape index (κ2) is 14.0. The number of nitrogens with zero attached hydrogens (tertiary/aromatic N) is 1. The molecule has 0 fully saturated rings. The average Bonchev–Trinajstić information content (AvgIpc) is 3.35. The molecule has 0 saturated heterocycles. The second-order valence-corrected chi connectivity index (χ2v) is 7.93. The number of hydrogen-bond donors (Lipinski definition) is 0. The molecule has 0 amide bonds. The Balaban J connectivity index is 1.51. The maximum atomic E-state index is 5.99. The normalized spacial score (nSPS) is 11.5. The number of ether oxygens (including phenoxy) is 2. The van der Waals surface area contributed by atoms with Crippen molar-refractivity contribution in [2.75, 3.05) is 13.2 Å². The first-order valence-electron chi connectivity index (χ1n) is 12.0. The molecule has 0 radical (unpaired) electrons. The van der Waals surface area contributed by atoms with Crippen LogP contribution in [0.4, 0.5) is 0 Å². The van der Waals surface area contributed by atoms with Gasteiger partial charge in [0.05, 0.1) is 6.20 Å². The second-order valence-electron chi connectivity index (χ2n) is 7.93. The number of unbranched alkanes of at least 4 members (excludes halogenated alkanes) is 4. The number of rotatable bonds is 14. The highest BCUT2D eigenvalue weighted by molar-refractivity contribution is 5.62. The number of allylic oxidation sites excluding steroid dienone is 2. The minimum Gasteiger partial charge on any atom is -0.490 e. The highest BCUT2D eigenvalue weighted by Gasteiger charge is 2.09. The third kappa shape index (κ3) is 8.30. The Kier molecular flexibility index (Phi) is 10.3. The van der Waals surface area contributed by atoms with Gasteiger partial charge in [-0.2, -0.15) is 0 Å². The van der Waals surface area contributed by atoms with Gasteiger partial charge in [0.25, 0.3) is 0 Å². The molecule has 0 spiro atoms. The van der Waals surface area contributed by atoms with E-state index < -0.39 is 0 Å². The van der Waals surface area contributed by atoms with Gasteiger partial charge in [-0.25, -0.2) is 4.98 Å². The topological polar surface area (TPSA) is 44.5 Å². The molecule has 33 heavy (non-hydrogen) atoms. The molecule has 0 unspecified atom stereocenters. The summed E-state index contributed by atoms with van der Waals surface area (Å²) in [5, 5.41) is 0. The van der Waals surface area contributed by atoms with E-state index in [0.29, 0.717) is 19.1 Å². The van der Waals surface area contributed by atoms with Crippen molar-refractivity contribution in [1.29, 1.82) is 0 Å². The fourth-order valence-electron chi connectivity index (χ4n) is 3.25. The summed E-state index contributed by atoms with van der Waals surface area (Å²) in [6.07, 6.45) is 17.4. The lowest BCUT2D eigenvalue weighted by molar-refractivity contribution is 0.362. The lowest BCUT2D eigenvalue weighted by Crippen LogP contribution is -1.93. The Labute approximate surface area is 198 Å². The van der Waals surface area contributed by atoms with E-state index in [1.54, 1.807) is 6.20 Å². The summed E-state index contributed by atoms with van der Waals surface area (Å²) in [5.74, 6) is 3.00. The van der Waals surface area contributed by atoms with Crippen LogP contribution in [0.5, 0.6) is 11.5 Å². The van der Waals surface area contributed by atoms with Crippen molar-refractivity contribution in [3.05, 3.63) is 79.0 Å². The van der Waals surface area contributed by atoms with Crippen LogP contribution in [0.3, 0.4) is 0 Å². The van der Waals surface area contributed by atoms with Gasteiger partial charge in [0.15, 0.2) is 5.76 Å². The number of hydrogen-bond acceptors (Lipinski definition) is 4. The van der Waals surface area contributed by atoms with Gasteiger partial charge in [-0.1, -0.05) is 63.8 Å². The fourth-order valence-corrected chi connectivity index (χ4v) is 3.25. The van der Waals surface area contributed by atoms with Crippen LogP contribution in [0.1, 0.15) is 52.4 Å². The van der Waals surface area contributed by atoms with E-state index >= 15 is 0 Å². The maximum Gasteiger partial charge on any atom is 0.226 e. The van der Waals surface area contributed by atoms with Crippen LogP contribution in [-0.2, 0) is 0 Å². The van der Waals surface area contributed by atoms with Crippen LogP contribution in [0, 0.1) is 0 Å². The fraction of sp³-hybridized carbons (Fsp3) is 0.345. The van der Waals surface area contributed by atoms with Gasteiger partial charge in [0.1, 0.15) is 24.7 Å². The molecule has 0 bridgehead atoms. The Morgan fingerprint density at radius 1 is 0.697 bits per heavy atom. The van der Waals surface area contributed by atoms with Gasteiger partial charge in [0, 0.05) is 11.1 Å². The maximum absolute atomic E-state index is 5.99. The molecule has 174 valence electrons.